The Kier molecular flexibility index (Phi) is 5.16. The average Bonchev–Trinajstić information content (AvgIpc) is 2.37. The molecule has 0 fully saturated rings. The van der Waals surface area contributed by atoms with E-state index in [9.17, 15) is 4.79 Å². The zero-order valence-corrected chi connectivity index (χ0v) is 11.2. The molecule has 0 spiro atoms. The molecule has 1 aromatic carbocycles. The van der Waals surface area contributed by atoms with Crippen molar-refractivity contribution in [1.29, 1.82) is 0 Å². The highest BCUT2D eigenvalue weighted by molar-refractivity contribution is 5.94. The molecule has 0 saturated heterocycles. The maximum atomic E-state index is 12.1. The summed E-state index contributed by atoms with van der Waals surface area (Å²) in [5.41, 5.74) is 2.24. The summed E-state index contributed by atoms with van der Waals surface area (Å²) in [5.74, 6) is 0.138. The van der Waals surface area contributed by atoms with Crippen molar-refractivity contribution in [3.05, 3.63) is 29.8 Å². The van der Waals surface area contributed by atoms with Gasteiger partial charge in [-0.25, -0.2) is 0 Å². The first-order chi connectivity index (χ1) is 8.10. The summed E-state index contributed by atoms with van der Waals surface area (Å²) in [4.78, 5) is 13.8. The van der Waals surface area contributed by atoms with Gasteiger partial charge in [-0.2, -0.15) is 0 Å². The molecule has 3 heteroatoms. The molecule has 0 bridgehead atoms. The van der Waals surface area contributed by atoms with Gasteiger partial charge >= 0.3 is 0 Å². The fourth-order valence-corrected chi connectivity index (χ4v) is 1.81. The molecule has 3 nitrogen and oxygen atoms in total. The molecule has 1 N–H and O–H groups in total. The smallest absolute Gasteiger partial charge is 0.230 e. The second-order valence-corrected chi connectivity index (χ2v) is 4.38. The van der Waals surface area contributed by atoms with E-state index < -0.39 is 0 Å². The number of carbonyl (C=O) groups excluding carboxylic acids is 1. The standard InChI is InChI=1S/C14H22N2O/c1-5-12-6-8-13(9-7-12)16(4)14(17)11(2)10-15-3/h6-9,11,15H,5,10H2,1-4H3. The first-order valence-electron chi connectivity index (χ1n) is 6.11. The van der Waals surface area contributed by atoms with Gasteiger partial charge in [-0.15, -0.1) is 0 Å². The predicted molar refractivity (Wildman–Crippen MR) is 72.3 cm³/mol. The van der Waals surface area contributed by atoms with Gasteiger partial charge < -0.3 is 10.2 Å². The Hall–Kier alpha value is -1.35. The summed E-state index contributed by atoms with van der Waals surface area (Å²) >= 11 is 0. The van der Waals surface area contributed by atoms with Gasteiger partial charge in [0.1, 0.15) is 0 Å². The van der Waals surface area contributed by atoms with Gasteiger partial charge in [-0.1, -0.05) is 26.0 Å². The summed E-state index contributed by atoms with van der Waals surface area (Å²) in [7, 11) is 3.69. The predicted octanol–water partition coefficient (Wildman–Crippen LogP) is 2.07. The number of aryl methyl sites for hydroxylation is 1. The van der Waals surface area contributed by atoms with Gasteiger partial charge in [-0.3, -0.25) is 4.79 Å². The second kappa shape index (κ2) is 6.40. The minimum atomic E-state index is -0.00384. The topological polar surface area (TPSA) is 32.3 Å². The molecular weight excluding hydrogens is 212 g/mol. The van der Waals surface area contributed by atoms with Crippen LogP contribution in [0.4, 0.5) is 5.69 Å². The fraction of sp³-hybridized carbons (Fsp3) is 0.500. The van der Waals surface area contributed by atoms with Crippen LogP contribution in [0.1, 0.15) is 19.4 Å². The van der Waals surface area contributed by atoms with Gasteiger partial charge in [0.25, 0.3) is 0 Å². The molecule has 0 saturated carbocycles. The molecule has 0 aliphatic heterocycles. The molecule has 1 atom stereocenters. The van der Waals surface area contributed by atoms with Crippen LogP contribution in [0, 0.1) is 5.92 Å². The lowest BCUT2D eigenvalue weighted by Crippen LogP contribution is -2.35. The van der Waals surface area contributed by atoms with E-state index in [0.29, 0.717) is 6.54 Å². The SMILES string of the molecule is CCc1ccc(N(C)C(=O)C(C)CNC)cc1. The Bertz CT molecular complexity index is 359. The molecule has 94 valence electrons. The minimum Gasteiger partial charge on any atom is -0.319 e. The summed E-state index contributed by atoms with van der Waals surface area (Å²) < 4.78 is 0. The lowest BCUT2D eigenvalue weighted by Gasteiger charge is -2.21. The van der Waals surface area contributed by atoms with Crippen molar-refractivity contribution in [3.8, 4) is 0 Å². The Morgan fingerprint density at radius 2 is 1.94 bits per heavy atom. The quantitative estimate of drug-likeness (QED) is 0.846. The van der Waals surface area contributed by atoms with Crippen molar-refractivity contribution in [1.82, 2.24) is 5.32 Å². The van der Waals surface area contributed by atoms with Crippen molar-refractivity contribution in [3.63, 3.8) is 0 Å². The molecule has 1 aromatic rings. The number of nitrogens with zero attached hydrogens (tertiary/aromatic N) is 1. The number of hydrogen-bond donors (Lipinski definition) is 1. The van der Waals surface area contributed by atoms with E-state index in [1.54, 1.807) is 4.90 Å². The summed E-state index contributed by atoms with van der Waals surface area (Å²) in [6, 6.07) is 8.15. The normalized spacial score (nSPS) is 12.2. The van der Waals surface area contributed by atoms with E-state index in [-0.39, 0.29) is 11.8 Å². The van der Waals surface area contributed by atoms with E-state index in [1.165, 1.54) is 5.56 Å². The number of nitrogens with one attached hydrogen (secondary N) is 1. The lowest BCUT2D eigenvalue weighted by molar-refractivity contribution is -0.121. The Morgan fingerprint density at radius 3 is 2.41 bits per heavy atom. The van der Waals surface area contributed by atoms with Crippen LogP contribution >= 0.6 is 0 Å². The third kappa shape index (κ3) is 3.56. The third-order valence-corrected chi connectivity index (χ3v) is 2.99. The Morgan fingerprint density at radius 1 is 1.35 bits per heavy atom. The van der Waals surface area contributed by atoms with Crippen molar-refractivity contribution in [2.45, 2.75) is 20.3 Å². The highest BCUT2D eigenvalue weighted by Crippen LogP contribution is 2.16. The molecule has 1 amide bonds. The molecule has 0 radical (unpaired) electrons. The molecule has 1 rings (SSSR count). The van der Waals surface area contributed by atoms with Crippen LogP contribution in [0.3, 0.4) is 0 Å². The summed E-state index contributed by atoms with van der Waals surface area (Å²) in [6.45, 7) is 4.77. The molecule has 0 aromatic heterocycles. The number of hydrogen-bond acceptors (Lipinski definition) is 2. The van der Waals surface area contributed by atoms with E-state index in [2.05, 4.69) is 24.4 Å². The van der Waals surface area contributed by atoms with Crippen LogP contribution in [0.2, 0.25) is 0 Å². The Balaban J connectivity index is 2.74. The van der Waals surface area contributed by atoms with Crippen LogP contribution in [0.15, 0.2) is 24.3 Å². The largest absolute Gasteiger partial charge is 0.319 e. The number of amides is 1. The van der Waals surface area contributed by atoms with Crippen LogP contribution in [0.5, 0.6) is 0 Å². The van der Waals surface area contributed by atoms with Crippen molar-refractivity contribution < 1.29 is 4.79 Å². The van der Waals surface area contributed by atoms with Gasteiger partial charge in [0.05, 0.1) is 0 Å². The first kappa shape index (κ1) is 13.7. The highest BCUT2D eigenvalue weighted by atomic mass is 16.2. The van der Waals surface area contributed by atoms with Crippen LogP contribution < -0.4 is 10.2 Å². The first-order valence-corrected chi connectivity index (χ1v) is 6.11. The van der Waals surface area contributed by atoms with Gasteiger partial charge in [0, 0.05) is 25.2 Å². The fourth-order valence-electron chi connectivity index (χ4n) is 1.81. The second-order valence-electron chi connectivity index (χ2n) is 4.38. The molecule has 0 heterocycles. The maximum absolute atomic E-state index is 12.1. The summed E-state index contributed by atoms with van der Waals surface area (Å²) in [6.07, 6.45) is 1.02. The number of anilines is 1. The Labute approximate surface area is 104 Å². The zero-order chi connectivity index (χ0) is 12.8. The van der Waals surface area contributed by atoms with Gasteiger partial charge in [0.15, 0.2) is 0 Å². The van der Waals surface area contributed by atoms with Gasteiger partial charge in [0.2, 0.25) is 5.91 Å². The van der Waals surface area contributed by atoms with E-state index in [0.717, 1.165) is 12.1 Å². The van der Waals surface area contributed by atoms with E-state index in [4.69, 9.17) is 0 Å². The van der Waals surface area contributed by atoms with E-state index in [1.807, 2.05) is 33.2 Å². The summed E-state index contributed by atoms with van der Waals surface area (Å²) in [5, 5.41) is 3.03. The molecule has 0 aliphatic carbocycles. The third-order valence-electron chi connectivity index (χ3n) is 2.99. The molecule has 1 unspecified atom stereocenters. The number of rotatable bonds is 5. The van der Waals surface area contributed by atoms with Crippen molar-refractivity contribution in [2.75, 3.05) is 25.5 Å². The number of benzene rings is 1. The van der Waals surface area contributed by atoms with Crippen LogP contribution in [-0.4, -0.2) is 26.5 Å². The highest BCUT2D eigenvalue weighted by Gasteiger charge is 2.17. The zero-order valence-electron chi connectivity index (χ0n) is 11.2. The molecular formula is C14H22N2O. The minimum absolute atomic E-state index is 0.00384. The van der Waals surface area contributed by atoms with E-state index >= 15 is 0 Å². The molecule has 17 heavy (non-hydrogen) atoms. The van der Waals surface area contributed by atoms with Crippen LogP contribution in [0.25, 0.3) is 0 Å². The average molecular weight is 234 g/mol. The maximum Gasteiger partial charge on any atom is 0.230 e. The molecule has 0 aliphatic rings. The lowest BCUT2D eigenvalue weighted by atomic mass is 10.1. The van der Waals surface area contributed by atoms with Crippen molar-refractivity contribution >= 4 is 11.6 Å². The van der Waals surface area contributed by atoms with Gasteiger partial charge in [-0.05, 0) is 31.2 Å². The van der Waals surface area contributed by atoms with Crippen molar-refractivity contribution in [2.24, 2.45) is 5.92 Å². The monoisotopic (exact) mass is 234 g/mol. The van der Waals surface area contributed by atoms with Crippen LogP contribution in [-0.2, 0) is 11.2 Å². The number of carbonyl (C=O) groups is 1.